The van der Waals surface area contributed by atoms with Gasteiger partial charge in [0.05, 0.1) is 5.92 Å². The first kappa shape index (κ1) is 14.6. The van der Waals surface area contributed by atoms with E-state index in [9.17, 15) is 9.59 Å². The third-order valence-corrected chi connectivity index (χ3v) is 3.80. The number of amides is 1. The second-order valence-corrected chi connectivity index (χ2v) is 5.35. The predicted molar refractivity (Wildman–Crippen MR) is 76.4 cm³/mol. The molecule has 0 radical (unpaired) electrons. The van der Waals surface area contributed by atoms with Gasteiger partial charge in [-0.2, -0.15) is 0 Å². The number of carbonyl (C=O) groups excluding carboxylic acids is 2. The van der Waals surface area contributed by atoms with E-state index >= 15 is 0 Å². The molecule has 4 heteroatoms. The lowest BCUT2D eigenvalue weighted by atomic mass is 9.91. The van der Waals surface area contributed by atoms with Crippen molar-refractivity contribution in [1.29, 1.82) is 0 Å². The van der Waals surface area contributed by atoms with Crippen molar-refractivity contribution >= 4 is 11.9 Å². The minimum absolute atomic E-state index is 0.00566. The van der Waals surface area contributed by atoms with Crippen LogP contribution in [0.3, 0.4) is 0 Å². The lowest BCUT2D eigenvalue weighted by Crippen LogP contribution is -2.21. The number of esters is 1. The molecule has 1 aliphatic rings. The number of rotatable bonds is 3. The van der Waals surface area contributed by atoms with Gasteiger partial charge >= 0.3 is 5.97 Å². The highest BCUT2D eigenvalue weighted by Gasteiger charge is 2.21. The van der Waals surface area contributed by atoms with Gasteiger partial charge in [-0.1, -0.05) is 32.1 Å². The van der Waals surface area contributed by atoms with E-state index in [2.05, 4.69) is 0 Å². The average molecular weight is 275 g/mol. The van der Waals surface area contributed by atoms with Crippen molar-refractivity contribution < 1.29 is 14.3 Å². The van der Waals surface area contributed by atoms with Crippen LogP contribution in [0.1, 0.15) is 55.3 Å². The topological polar surface area (TPSA) is 69.4 Å². The van der Waals surface area contributed by atoms with E-state index in [1.54, 1.807) is 24.3 Å². The molecule has 1 fully saturated rings. The van der Waals surface area contributed by atoms with Gasteiger partial charge in [-0.3, -0.25) is 9.59 Å². The van der Waals surface area contributed by atoms with Crippen molar-refractivity contribution in [2.45, 2.75) is 44.9 Å². The van der Waals surface area contributed by atoms with Gasteiger partial charge in [0.15, 0.2) is 0 Å². The number of hydrogen-bond donors (Lipinski definition) is 1. The van der Waals surface area contributed by atoms with Gasteiger partial charge in [-0.25, -0.2) is 0 Å². The van der Waals surface area contributed by atoms with Gasteiger partial charge < -0.3 is 10.5 Å². The van der Waals surface area contributed by atoms with E-state index in [0.717, 1.165) is 25.7 Å². The van der Waals surface area contributed by atoms with Gasteiger partial charge in [-0.15, -0.1) is 0 Å². The fraction of sp³-hybridized carbons (Fsp3) is 0.500. The second-order valence-electron chi connectivity index (χ2n) is 5.35. The van der Waals surface area contributed by atoms with Crippen molar-refractivity contribution in [1.82, 2.24) is 0 Å². The molecule has 4 nitrogen and oxygen atoms in total. The summed E-state index contributed by atoms with van der Waals surface area (Å²) in [5, 5.41) is 0. The molecule has 108 valence electrons. The molecule has 1 aliphatic carbocycles. The number of carbonyl (C=O) groups is 2. The number of ether oxygens (including phenoxy) is 1. The third-order valence-electron chi connectivity index (χ3n) is 3.80. The zero-order valence-electron chi connectivity index (χ0n) is 11.6. The first-order valence-corrected chi connectivity index (χ1v) is 7.28. The monoisotopic (exact) mass is 275 g/mol. The zero-order valence-corrected chi connectivity index (χ0v) is 11.6. The van der Waals surface area contributed by atoms with Crippen LogP contribution >= 0.6 is 0 Å². The molecular weight excluding hydrogens is 254 g/mol. The van der Waals surface area contributed by atoms with E-state index in [0.29, 0.717) is 11.3 Å². The Hall–Kier alpha value is -1.84. The number of nitrogens with two attached hydrogens (primary N) is 1. The van der Waals surface area contributed by atoms with Crippen molar-refractivity contribution in [3.8, 4) is 5.75 Å². The zero-order chi connectivity index (χ0) is 14.4. The normalized spacial score (nSPS) is 17.0. The Kier molecular flexibility index (Phi) is 5.16. The van der Waals surface area contributed by atoms with Crippen LogP contribution in [0.25, 0.3) is 0 Å². The molecule has 0 spiro atoms. The first-order chi connectivity index (χ1) is 9.66. The number of benzene rings is 1. The van der Waals surface area contributed by atoms with Gasteiger partial charge in [0, 0.05) is 5.56 Å². The summed E-state index contributed by atoms with van der Waals surface area (Å²) >= 11 is 0. The Morgan fingerprint density at radius 1 is 0.950 bits per heavy atom. The standard InChI is InChI=1S/C16H21NO3/c17-15(18)12-8-10-14(11-9-12)20-16(19)13-6-4-2-1-3-5-7-13/h8-11,13H,1-7H2,(H2,17,18). The number of primary amides is 1. The quantitative estimate of drug-likeness (QED) is 0.681. The smallest absolute Gasteiger partial charge is 0.314 e. The minimum Gasteiger partial charge on any atom is -0.426 e. The highest BCUT2D eigenvalue weighted by atomic mass is 16.5. The lowest BCUT2D eigenvalue weighted by molar-refractivity contribution is -0.139. The van der Waals surface area contributed by atoms with Crippen molar-refractivity contribution in [3.63, 3.8) is 0 Å². The predicted octanol–water partition coefficient (Wildman–Crippen LogP) is 3.05. The molecule has 0 aliphatic heterocycles. The summed E-state index contributed by atoms with van der Waals surface area (Å²) in [5.41, 5.74) is 5.58. The molecule has 1 aromatic carbocycles. The van der Waals surface area contributed by atoms with E-state index < -0.39 is 5.91 Å². The molecule has 20 heavy (non-hydrogen) atoms. The summed E-state index contributed by atoms with van der Waals surface area (Å²) in [6.45, 7) is 0. The molecule has 2 rings (SSSR count). The minimum atomic E-state index is -0.483. The van der Waals surface area contributed by atoms with Crippen molar-refractivity contribution in [2.24, 2.45) is 11.7 Å². The van der Waals surface area contributed by atoms with Crippen LogP contribution < -0.4 is 10.5 Å². The molecule has 0 aromatic heterocycles. The van der Waals surface area contributed by atoms with E-state index in [4.69, 9.17) is 10.5 Å². The summed E-state index contributed by atoms with van der Waals surface area (Å²) in [4.78, 5) is 23.1. The fourth-order valence-corrected chi connectivity index (χ4v) is 2.58. The van der Waals surface area contributed by atoms with E-state index in [-0.39, 0.29) is 11.9 Å². The molecule has 1 saturated carbocycles. The van der Waals surface area contributed by atoms with Crippen LogP contribution in [0.5, 0.6) is 5.75 Å². The maximum Gasteiger partial charge on any atom is 0.314 e. The Labute approximate surface area is 119 Å². The Morgan fingerprint density at radius 3 is 2.05 bits per heavy atom. The average Bonchev–Trinajstić information content (AvgIpc) is 2.38. The van der Waals surface area contributed by atoms with Gasteiger partial charge in [0.1, 0.15) is 5.75 Å². The summed E-state index contributed by atoms with van der Waals surface area (Å²) in [5.74, 6) is -0.158. The van der Waals surface area contributed by atoms with Crippen LogP contribution in [-0.4, -0.2) is 11.9 Å². The van der Waals surface area contributed by atoms with Crippen LogP contribution in [0.4, 0.5) is 0 Å². The Morgan fingerprint density at radius 2 is 1.50 bits per heavy atom. The fourth-order valence-electron chi connectivity index (χ4n) is 2.58. The van der Waals surface area contributed by atoms with Crippen molar-refractivity contribution in [2.75, 3.05) is 0 Å². The molecule has 1 aromatic rings. The van der Waals surface area contributed by atoms with E-state index in [1.807, 2.05) is 0 Å². The van der Waals surface area contributed by atoms with Crippen LogP contribution in [-0.2, 0) is 4.79 Å². The molecule has 0 saturated heterocycles. The Balaban J connectivity index is 1.93. The maximum absolute atomic E-state index is 12.1. The molecule has 1 amide bonds. The van der Waals surface area contributed by atoms with Gasteiger partial charge in [0.2, 0.25) is 5.91 Å². The van der Waals surface area contributed by atoms with E-state index in [1.165, 1.54) is 19.3 Å². The SMILES string of the molecule is NC(=O)c1ccc(OC(=O)C2CCCCCCC2)cc1. The summed E-state index contributed by atoms with van der Waals surface area (Å²) < 4.78 is 5.39. The highest BCUT2D eigenvalue weighted by molar-refractivity contribution is 5.92. The van der Waals surface area contributed by atoms with Crippen LogP contribution in [0.15, 0.2) is 24.3 Å². The molecule has 0 heterocycles. The molecular formula is C16H21NO3. The largest absolute Gasteiger partial charge is 0.426 e. The van der Waals surface area contributed by atoms with Crippen LogP contribution in [0.2, 0.25) is 0 Å². The molecule has 0 atom stereocenters. The summed E-state index contributed by atoms with van der Waals surface area (Å²) in [6, 6.07) is 6.37. The maximum atomic E-state index is 12.1. The number of hydrogen-bond acceptors (Lipinski definition) is 3. The summed E-state index contributed by atoms with van der Waals surface area (Å²) in [7, 11) is 0. The van der Waals surface area contributed by atoms with Crippen molar-refractivity contribution in [3.05, 3.63) is 29.8 Å². The lowest BCUT2D eigenvalue weighted by Gasteiger charge is -2.18. The highest BCUT2D eigenvalue weighted by Crippen LogP contribution is 2.24. The second kappa shape index (κ2) is 7.08. The van der Waals surface area contributed by atoms with Crippen LogP contribution in [0, 0.1) is 5.92 Å². The first-order valence-electron chi connectivity index (χ1n) is 7.28. The molecule has 0 unspecified atom stereocenters. The molecule has 0 bridgehead atoms. The Bertz CT molecular complexity index is 459. The van der Waals surface area contributed by atoms with Gasteiger partial charge in [-0.05, 0) is 37.1 Å². The third kappa shape index (κ3) is 4.08. The molecule has 2 N–H and O–H groups in total. The summed E-state index contributed by atoms with van der Waals surface area (Å²) in [6.07, 6.45) is 7.71. The van der Waals surface area contributed by atoms with Gasteiger partial charge in [0.25, 0.3) is 0 Å².